The standard InChI is InChI=1S/C21H24N2O2S/c1-23(2)20-12-9-17(10-13-20)6-5-15-22-26(24,25)21-14-11-18-7-3-4-8-19(18)16-21/h9-14,16,22H,3-4,7-8,15H2,1-2H3. The molecule has 136 valence electrons. The Morgan fingerprint density at radius 3 is 2.38 bits per heavy atom. The first-order valence-corrected chi connectivity index (χ1v) is 10.3. The van der Waals surface area contributed by atoms with Crippen molar-refractivity contribution in [1.82, 2.24) is 4.72 Å². The van der Waals surface area contributed by atoms with E-state index in [4.69, 9.17) is 0 Å². The number of hydrogen-bond acceptors (Lipinski definition) is 3. The fourth-order valence-electron chi connectivity index (χ4n) is 3.08. The van der Waals surface area contributed by atoms with Crippen LogP contribution in [0.15, 0.2) is 47.4 Å². The Kier molecular flexibility index (Phi) is 5.65. The predicted octanol–water partition coefficient (Wildman–Crippen LogP) is 2.96. The van der Waals surface area contributed by atoms with Crippen molar-refractivity contribution in [3.63, 3.8) is 0 Å². The highest BCUT2D eigenvalue weighted by molar-refractivity contribution is 7.89. The molecule has 0 unspecified atom stereocenters. The first kappa shape index (κ1) is 18.5. The predicted molar refractivity (Wildman–Crippen MR) is 106 cm³/mol. The minimum atomic E-state index is -3.53. The number of benzene rings is 2. The summed E-state index contributed by atoms with van der Waals surface area (Å²) in [5.41, 5.74) is 4.40. The van der Waals surface area contributed by atoms with E-state index >= 15 is 0 Å². The maximum Gasteiger partial charge on any atom is 0.241 e. The van der Waals surface area contributed by atoms with E-state index in [0.717, 1.165) is 36.1 Å². The van der Waals surface area contributed by atoms with Gasteiger partial charge in [-0.3, -0.25) is 0 Å². The molecule has 0 radical (unpaired) electrons. The van der Waals surface area contributed by atoms with Gasteiger partial charge >= 0.3 is 0 Å². The van der Waals surface area contributed by atoms with Gasteiger partial charge in [0.15, 0.2) is 0 Å². The molecular weight excluding hydrogens is 344 g/mol. The molecule has 0 saturated heterocycles. The Morgan fingerprint density at radius 2 is 1.69 bits per heavy atom. The highest BCUT2D eigenvalue weighted by Crippen LogP contribution is 2.23. The summed E-state index contributed by atoms with van der Waals surface area (Å²) in [5, 5.41) is 0. The van der Waals surface area contributed by atoms with Gasteiger partial charge in [-0.1, -0.05) is 17.9 Å². The van der Waals surface area contributed by atoms with Crippen molar-refractivity contribution >= 4 is 15.7 Å². The van der Waals surface area contributed by atoms with Crippen molar-refractivity contribution in [1.29, 1.82) is 0 Å². The number of anilines is 1. The molecule has 1 aliphatic carbocycles. The van der Waals surface area contributed by atoms with Crippen LogP contribution in [0, 0.1) is 11.8 Å². The zero-order chi connectivity index (χ0) is 18.6. The smallest absolute Gasteiger partial charge is 0.241 e. The van der Waals surface area contributed by atoms with Crippen molar-refractivity contribution in [3.8, 4) is 11.8 Å². The monoisotopic (exact) mass is 368 g/mol. The van der Waals surface area contributed by atoms with E-state index in [2.05, 4.69) is 16.6 Å². The van der Waals surface area contributed by atoms with E-state index in [-0.39, 0.29) is 6.54 Å². The summed E-state index contributed by atoms with van der Waals surface area (Å²) in [6, 6.07) is 13.3. The number of fused-ring (bicyclic) bond motifs is 1. The number of sulfonamides is 1. The third-order valence-corrected chi connectivity index (χ3v) is 6.00. The molecule has 0 saturated carbocycles. The van der Waals surface area contributed by atoms with Crippen LogP contribution in [0.4, 0.5) is 5.69 Å². The fraction of sp³-hybridized carbons (Fsp3) is 0.333. The van der Waals surface area contributed by atoms with Gasteiger partial charge in [-0.05, 0) is 73.2 Å². The van der Waals surface area contributed by atoms with Gasteiger partial charge in [0, 0.05) is 25.3 Å². The summed E-state index contributed by atoms with van der Waals surface area (Å²) < 4.78 is 27.5. The van der Waals surface area contributed by atoms with Gasteiger partial charge in [0.25, 0.3) is 0 Å². The van der Waals surface area contributed by atoms with Gasteiger partial charge in [0.1, 0.15) is 0 Å². The Bertz CT molecular complexity index is 936. The van der Waals surface area contributed by atoms with Crippen molar-refractivity contribution in [2.75, 3.05) is 25.5 Å². The van der Waals surface area contributed by atoms with E-state index in [0.29, 0.717) is 4.90 Å². The largest absolute Gasteiger partial charge is 0.378 e. The number of rotatable bonds is 4. The van der Waals surface area contributed by atoms with Gasteiger partial charge in [0.2, 0.25) is 10.0 Å². The number of hydrogen-bond donors (Lipinski definition) is 1. The molecule has 1 aliphatic rings. The quantitative estimate of drug-likeness (QED) is 0.844. The molecule has 0 amide bonds. The lowest BCUT2D eigenvalue weighted by atomic mass is 9.92. The zero-order valence-electron chi connectivity index (χ0n) is 15.2. The van der Waals surface area contributed by atoms with Crippen LogP contribution >= 0.6 is 0 Å². The molecule has 26 heavy (non-hydrogen) atoms. The lowest BCUT2D eigenvalue weighted by Crippen LogP contribution is -2.24. The van der Waals surface area contributed by atoms with Crippen molar-refractivity contribution in [3.05, 3.63) is 59.2 Å². The number of nitrogens with one attached hydrogen (secondary N) is 1. The Hall–Kier alpha value is -2.29. The molecule has 0 heterocycles. The van der Waals surface area contributed by atoms with Crippen LogP contribution in [0.2, 0.25) is 0 Å². The normalized spacial score (nSPS) is 13.5. The maximum atomic E-state index is 12.5. The molecule has 0 fully saturated rings. The summed E-state index contributed by atoms with van der Waals surface area (Å²) in [4.78, 5) is 2.35. The van der Waals surface area contributed by atoms with Gasteiger partial charge in [0.05, 0.1) is 11.4 Å². The molecule has 1 N–H and O–H groups in total. The average Bonchev–Trinajstić information content (AvgIpc) is 2.65. The SMILES string of the molecule is CN(C)c1ccc(C#CCNS(=O)(=O)c2ccc3c(c2)CCCC3)cc1. The van der Waals surface area contributed by atoms with E-state index in [1.807, 2.05) is 55.4 Å². The van der Waals surface area contributed by atoms with E-state index in [1.165, 1.54) is 12.0 Å². The molecule has 2 aromatic rings. The van der Waals surface area contributed by atoms with Crippen molar-refractivity contribution in [2.45, 2.75) is 30.6 Å². The van der Waals surface area contributed by atoms with Crippen molar-refractivity contribution in [2.24, 2.45) is 0 Å². The zero-order valence-corrected chi connectivity index (χ0v) is 16.1. The summed E-state index contributed by atoms with van der Waals surface area (Å²) in [7, 11) is 0.439. The molecule has 2 aromatic carbocycles. The second kappa shape index (κ2) is 7.94. The molecule has 0 aromatic heterocycles. The summed E-state index contributed by atoms with van der Waals surface area (Å²) in [6.07, 6.45) is 4.31. The topological polar surface area (TPSA) is 49.4 Å². The molecule has 0 atom stereocenters. The van der Waals surface area contributed by atoms with E-state index in [1.54, 1.807) is 6.07 Å². The number of nitrogens with zero attached hydrogens (tertiary/aromatic N) is 1. The van der Waals surface area contributed by atoms with Crippen LogP contribution in [-0.4, -0.2) is 29.1 Å². The van der Waals surface area contributed by atoms with Crippen LogP contribution < -0.4 is 9.62 Å². The first-order valence-electron chi connectivity index (χ1n) is 8.83. The second-order valence-corrected chi connectivity index (χ2v) is 8.47. The fourth-order valence-corrected chi connectivity index (χ4v) is 4.05. The highest BCUT2D eigenvalue weighted by Gasteiger charge is 2.16. The van der Waals surface area contributed by atoms with Crippen LogP contribution in [-0.2, 0) is 22.9 Å². The van der Waals surface area contributed by atoms with Crippen molar-refractivity contribution < 1.29 is 8.42 Å². The van der Waals surface area contributed by atoms with Gasteiger partial charge in [-0.2, -0.15) is 4.72 Å². The maximum absolute atomic E-state index is 12.5. The molecule has 4 nitrogen and oxygen atoms in total. The molecule has 0 aliphatic heterocycles. The van der Waals surface area contributed by atoms with Crippen LogP contribution in [0.5, 0.6) is 0 Å². The Balaban J connectivity index is 1.64. The van der Waals surface area contributed by atoms with E-state index in [9.17, 15) is 8.42 Å². The van der Waals surface area contributed by atoms with Crippen LogP contribution in [0.1, 0.15) is 29.5 Å². The van der Waals surface area contributed by atoms with Gasteiger partial charge in [-0.15, -0.1) is 0 Å². The highest BCUT2D eigenvalue weighted by atomic mass is 32.2. The van der Waals surface area contributed by atoms with E-state index < -0.39 is 10.0 Å². The Labute approximate surface area is 156 Å². The number of aryl methyl sites for hydroxylation is 2. The lowest BCUT2D eigenvalue weighted by molar-refractivity contribution is 0.585. The third-order valence-electron chi connectivity index (χ3n) is 4.60. The summed E-state index contributed by atoms with van der Waals surface area (Å²) >= 11 is 0. The first-order chi connectivity index (χ1) is 12.5. The van der Waals surface area contributed by atoms with Gasteiger partial charge in [-0.25, -0.2) is 8.42 Å². The molecule has 3 rings (SSSR count). The second-order valence-electron chi connectivity index (χ2n) is 6.71. The lowest BCUT2D eigenvalue weighted by Gasteiger charge is -2.16. The van der Waals surface area contributed by atoms with Gasteiger partial charge < -0.3 is 4.90 Å². The summed E-state index contributed by atoms with van der Waals surface area (Å²) in [6.45, 7) is 0.0921. The molecular formula is C21H24N2O2S. The minimum absolute atomic E-state index is 0.0921. The molecule has 0 spiro atoms. The minimum Gasteiger partial charge on any atom is -0.378 e. The molecule has 0 bridgehead atoms. The summed E-state index contributed by atoms with van der Waals surface area (Å²) in [5.74, 6) is 5.87. The van der Waals surface area contributed by atoms with Crippen LogP contribution in [0.25, 0.3) is 0 Å². The average molecular weight is 369 g/mol. The van der Waals surface area contributed by atoms with Crippen LogP contribution in [0.3, 0.4) is 0 Å². The Morgan fingerprint density at radius 1 is 1.00 bits per heavy atom. The molecule has 5 heteroatoms. The third kappa shape index (κ3) is 4.46.